The van der Waals surface area contributed by atoms with E-state index in [1.54, 1.807) is 0 Å². The van der Waals surface area contributed by atoms with Gasteiger partial charge < -0.3 is 5.73 Å². The zero-order valence-corrected chi connectivity index (χ0v) is 13.9. The molecular formula is C24H19N. The predicted octanol–water partition coefficient (Wildman–Crippen LogP) is 6.27. The smallest absolute Gasteiger partial charge is 0.0400 e. The van der Waals surface area contributed by atoms with Gasteiger partial charge in [0, 0.05) is 11.3 Å². The van der Waals surface area contributed by atoms with Crippen molar-refractivity contribution in [1.29, 1.82) is 0 Å². The maximum atomic E-state index is 6.38. The van der Waals surface area contributed by atoms with E-state index in [0.29, 0.717) is 0 Å². The average Bonchev–Trinajstić information content (AvgIpc) is 2.69. The molecule has 0 heterocycles. The quantitative estimate of drug-likeness (QED) is 0.442. The summed E-state index contributed by atoms with van der Waals surface area (Å²) < 4.78 is 0. The van der Waals surface area contributed by atoms with Gasteiger partial charge >= 0.3 is 0 Å². The van der Waals surface area contributed by atoms with Crippen LogP contribution < -0.4 is 5.73 Å². The first-order valence-corrected chi connectivity index (χ1v) is 8.43. The summed E-state index contributed by atoms with van der Waals surface area (Å²) in [6.45, 7) is 0. The lowest BCUT2D eigenvalue weighted by Gasteiger charge is -2.16. The SMILES string of the molecule is Nc1cccc(-c2ccccc2-c2ccccc2)c1-c1ccccc1. The minimum Gasteiger partial charge on any atom is -0.398 e. The van der Waals surface area contributed by atoms with Gasteiger partial charge in [-0.25, -0.2) is 0 Å². The topological polar surface area (TPSA) is 26.0 Å². The Kier molecular flexibility index (Phi) is 4.05. The summed E-state index contributed by atoms with van der Waals surface area (Å²) in [4.78, 5) is 0. The van der Waals surface area contributed by atoms with Crippen molar-refractivity contribution in [2.75, 3.05) is 5.73 Å². The van der Waals surface area contributed by atoms with Crippen LogP contribution in [0.2, 0.25) is 0 Å². The molecule has 0 saturated heterocycles. The number of nitrogens with two attached hydrogens (primary N) is 1. The van der Waals surface area contributed by atoms with Crippen LogP contribution in [0.15, 0.2) is 103 Å². The van der Waals surface area contributed by atoms with E-state index in [2.05, 4.69) is 78.9 Å². The number of benzene rings is 4. The van der Waals surface area contributed by atoms with Crippen LogP contribution in [-0.4, -0.2) is 0 Å². The zero-order valence-electron chi connectivity index (χ0n) is 13.9. The fourth-order valence-electron chi connectivity index (χ4n) is 3.31. The monoisotopic (exact) mass is 321 g/mol. The van der Waals surface area contributed by atoms with E-state index in [-0.39, 0.29) is 0 Å². The average molecular weight is 321 g/mol. The molecule has 0 bridgehead atoms. The van der Waals surface area contributed by atoms with Crippen molar-refractivity contribution in [3.8, 4) is 33.4 Å². The van der Waals surface area contributed by atoms with E-state index in [0.717, 1.165) is 22.4 Å². The number of hydrogen-bond donors (Lipinski definition) is 1. The largest absolute Gasteiger partial charge is 0.398 e. The summed E-state index contributed by atoms with van der Waals surface area (Å²) in [7, 11) is 0. The summed E-state index contributed by atoms with van der Waals surface area (Å²) in [6.07, 6.45) is 0. The molecule has 0 atom stereocenters. The maximum Gasteiger partial charge on any atom is 0.0400 e. The van der Waals surface area contributed by atoms with Gasteiger partial charge in [-0.05, 0) is 33.9 Å². The van der Waals surface area contributed by atoms with Gasteiger partial charge in [-0.15, -0.1) is 0 Å². The molecule has 0 spiro atoms. The van der Waals surface area contributed by atoms with Crippen LogP contribution in [0.25, 0.3) is 33.4 Å². The van der Waals surface area contributed by atoms with Crippen molar-refractivity contribution in [3.63, 3.8) is 0 Å². The van der Waals surface area contributed by atoms with Crippen LogP contribution in [0.3, 0.4) is 0 Å². The fraction of sp³-hybridized carbons (Fsp3) is 0. The Morgan fingerprint density at radius 3 is 1.60 bits per heavy atom. The summed E-state index contributed by atoms with van der Waals surface area (Å²) in [5, 5.41) is 0. The van der Waals surface area contributed by atoms with Gasteiger partial charge in [0.1, 0.15) is 0 Å². The van der Waals surface area contributed by atoms with Gasteiger partial charge in [0.2, 0.25) is 0 Å². The highest BCUT2D eigenvalue weighted by atomic mass is 14.6. The lowest BCUT2D eigenvalue weighted by molar-refractivity contribution is 1.56. The Labute approximate surface area is 148 Å². The number of nitrogen functional groups attached to an aromatic ring is 1. The Bertz CT molecular complexity index is 989. The van der Waals surface area contributed by atoms with E-state index in [1.807, 2.05) is 24.3 Å². The number of rotatable bonds is 3. The Morgan fingerprint density at radius 1 is 0.400 bits per heavy atom. The molecule has 25 heavy (non-hydrogen) atoms. The first kappa shape index (κ1) is 15.2. The molecule has 0 aliphatic carbocycles. The Balaban J connectivity index is 1.98. The number of hydrogen-bond acceptors (Lipinski definition) is 1. The molecule has 0 amide bonds. The van der Waals surface area contributed by atoms with Crippen LogP contribution in [0, 0.1) is 0 Å². The van der Waals surface area contributed by atoms with Gasteiger partial charge in [-0.2, -0.15) is 0 Å². The molecule has 1 heteroatoms. The first-order valence-electron chi connectivity index (χ1n) is 8.43. The lowest BCUT2D eigenvalue weighted by Crippen LogP contribution is -1.94. The van der Waals surface area contributed by atoms with Crippen molar-refractivity contribution < 1.29 is 0 Å². The summed E-state index contributed by atoms with van der Waals surface area (Å²) in [6, 6.07) is 35.5. The predicted molar refractivity (Wildman–Crippen MR) is 107 cm³/mol. The molecule has 120 valence electrons. The standard InChI is InChI=1S/C24H19N/c25-23-17-9-16-22(24(23)19-12-5-2-6-13-19)21-15-8-7-14-20(21)18-10-3-1-4-11-18/h1-17H,25H2. The highest BCUT2D eigenvalue weighted by Crippen LogP contribution is 2.40. The van der Waals surface area contributed by atoms with Crippen LogP contribution in [0.5, 0.6) is 0 Å². The third-order valence-electron chi connectivity index (χ3n) is 4.46. The highest BCUT2D eigenvalue weighted by molar-refractivity contribution is 5.96. The molecule has 1 nitrogen and oxygen atoms in total. The fourth-order valence-corrected chi connectivity index (χ4v) is 3.31. The normalized spacial score (nSPS) is 10.6. The molecule has 4 aromatic carbocycles. The van der Waals surface area contributed by atoms with Gasteiger partial charge in [0.15, 0.2) is 0 Å². The van der Waals surface area contributed by atoms with Gasteiger partial charge in [-0.1, -0.05) is 97.1 Å². The van der Waals surface area contributed by atoms with E-state index < -0.39 is 0 Å². The van der Waals surface area contributed by atoms with Crippen LogP contribution in [0.4, 0.5) is 5.69 Å². The van der Waals surface area contributed by atoms with E-state index >= 15 is 0 Å². The highest BCUT2D eigenvalue weighted by Gasteiger charge is 2.14. The third-order valence-corrected chi connectivity index (χ3v) is 4.46. The first-order chi connectivity index (χ1) is 12.3. The van der Waals surface area contributed by atoms with Crippen LogP contribution in [0.1, 0.15) is 0 Å². The number of anilines is 1. The van der Waals surface area contributed by atoms with E-state index in [4.69, 9.17) is 5.73 Å². The molecule has 0 aliphatic heterocycles. The van der Waals surface area contributed by atoms with Crippen molar-refractivity contribution in [2.45, 2.75) is 0 Å². The van der Waals surface area contributed by atoms with Crippen molar-refractivity contribution >= 4 is 5.69 Å². The van der Waals surface area contributed by atoms with Gasteiger partial charge in [0.05, 0.1) is 0 Å². The molecule has 0 unspecified atom stereocenters. The minimum absolute atomic E-state index is 0.798. The van der Waals surface area contributed by atoms with Crippen LogP contribution >= 0.6 is 0 Å². The molecular weight excluding hydrogens is 302 g/mol. The van der Waals surface area contributed by atoms with Crippen molar-refractivity contribution in [1.82, 2.24) is 0 Å². The van der Waals surface area contributed by atoms with Crippen molar-refractivity contribution in [3.05, 3.63) is 103 Å². The lowest BCUT2D eigenvalue weighted by atomic mass is 9.88. The zero-order chi connectivity index (χ0) is 17.1. The molecule has 4 rings (SSSR count). The molecule has 4 aromatic rings. The molecule has 0 fully saturated rings. The Hall–Kier alpha value is -3.32. The maximum absolute atomic E-state index is 6.38. The Morgan fingerprint density at radius 2 is 0.920 bits per heavy atom. The van der Waals surface area contributed by atoms with E-state index in [1.165, 1.54) is 16.7 Å². The molecule has 0 aromatic heterocycles. The molecule has 0 aliphatic rings. The summed E-state index contributed by atoms with van der Waals surface area (Å²) >= 11 is 0. The third kappa shape index (κ3) is 2.92. The van der Waals surface area contributed by atoms with E-state index in [9.17, 15) is 0 Å². The second kappa shape index (κ2) is 6.66. The van der Waals surface area contributed by atoms with Crippen LogP contribution in [-0.2, 0) is 0 Å². The second-order valence-corrected chi connectivity index (χ2v) is 6.05. The van der Waals surface area contributed by atoms with Gasteiger partial charge in [0.25, 0.3) is 0 Å². The molecule has 0 saturated carbocycles. The molecule has 2 N–H and O–H groups in total. The molecule has 0 radical (unpaired) electrons. The summed E-state index contributed by atoms with van der Waals surface area (Å²) in [5.74, 6) is 0. The summed E-state index contributed by atoms with van der Waals surface area (Å²) in [5.41, 5.74) is 14.2. The van der Waals surface area contributed by atoms with Gasteiger partial charge in [-0.3, -0.25) is 0 Å². The minimum atomic E-state index is 0.798. The van der Waals surface area contributed by atoms with Crippen molar-refractivity contribution in [2.24, 2.45) is 0 Å². The second-order valence-electron chi connectivity index (χ2n) is 6.05.